The van der Waals surface area contributed by atoms with Crippen LogP contribution in [0.2, 0.25) is 0 Å². The molecule has 0 fully saturated rings. The van der Waals surface area contributed by atoms with Crippen molar-refractivity contribution >= 4 is 96.2 Å². The Labute approximate surface area is 546 Å². The normalized spacial score (nSPS) is 14.1. The van der Waals surface area contributed by atoms with Crippen molar-refractivity contribution in [2.75, 3.05) is 14.7 Å². The minimum Gasteiger partial charge on any atom is -0.455 e. The predicted molar refractivity (Wildman–Crippen MR) is 395 cm³/mol. The van der Waals surface area contributed by atoms with E-state index in [0.29, 0.717) is 0 Å². The summed E-state index contributed by atoms with van der Waals surface area (Å²) in [6.45, 7) is 37.2. The van der Waals surface area contributed by atoms with Crippen molar-refractivity contribution in [1.82, 2.24) is 0 Å². The summed E-state index contributed by atoms with van der Waals surface area (Å²) in [6, 6.07) is 83.8. The molecule has 12 aromatic rings. The standard InChI is InChI=1S/C87H84BN3O/c1-53-47-59(85(9,10)11)48-54(2)81(53)89(61-40-34-57(35-41-61)83(3,4)5)64-44-45-72-75(52-64)91(63-42-36-58(37-43-63)84(6,7)8)77-51-60(86(12,13)14)50-76-80(77)88(72)73-49-56(65-25-22-29-71-79(65)69-24-17-19-28-70(69)87(71,15)16)33-46-74(73)90(76)62-38-31-55(32-39-62)66-26-21-27-68-67-23-18-20-30-78(67)92-82(66)68/h17-52H,1-16H3. The molecule has 456 valence electrons. The van der Waals surface area contributed by atoms with Gasteiger partial charge < -0.3 is 19.1 Å². The van der Waals surface area contributed by atoms with Crippen LogP contribution in [-0.4, -0.2) is 6.71 Å². The Balaban J connectivity index is 1.01. The van der Waals surface area contributed by atoms with Crippen LogP contribution in [0.15, 0.2) is 223 Å². The van der Waals surface area contributed by atoms with Crippen molar-refractivity contribution < 1.29 is 4.42 Å². The van der Waals surface area contributed by atoms with E-state index < -0.39 is 0 Å². The van der Waals surface area contributed by atoms with Crippen LogP contribution in [0.4, 0.5) is 51.2 Å². The summed E-state index contributed by atoms with van der Waals surface area (Å²) in [6.07, 6.45) is 0. The van der Waals surface area contributed by atoms with Gasteiger partial charge in [0.05, 0.1) is 5.69 Å². The summed E-state index contributed by atoms with van der Waals surface area (Å²) in [5.41, 5.74) is 33.4. The fourth-order valence-corrected chi connectivity index (χ4v) is 15.4. The monoisotopic (exact) mass is 1200 g/mol. The summed E-state index contributed by atoms with van der Waals surface area (Å²) in [5.74, 6) is 0. The Kier molecular flexibility index (Phi) is 13.4. The van der Waals surface area contributed by atoms with E-state index in [2.05, 4.69) is 344 Å². The fourth-order valence-electron chi connectivity index (χ4n) is 15.4. The first-order valence-corrected chi connectivity index (χ1v) is 33.2. The van der Waals surface area contributed by atoms with E-state index in [1.54, 1.807) is 0 Å². The maximum absolute atomic E-state index is 6.66. The van der Waals surface area contributed by atoms with Crippen LogP contribution in [-0.2, 0) is 27.1 Å². The Hall–Kier alpha value is -9.32. The molecule has 0 N–H and O–H groups in total. The molecule has 11 aromatic carbocycles. The summed E-state index contributed by atoms with van der Waals surface area (Å²) in [4.78, 5) is 7.74. The third-order valence-electron chi connectivity index (χ3n) is 20.5. The molecule has 0 radical (unpaired) electrons. The number of rotatable bonds is 7. The molecular weight excluding hydrogens is 1110 g/mol. The number of furan rings is 1. The van der Waals surface area contributed by atoms with Crippen LogP contribution in [0.5, 0.6) is 0 Å². The summed E-state index contributed by atoms with van der Waals surface area (Å²) >= 11 is 0. The molecule has 92 heavy (non-hydrogen) atoms. The molecular formula is C87H84BN3O. The van der Waals surface area contributed by atoms with Gasteiger partial charge in [0.1, 0.15) is 11.2 Å². The Morgan fingerprint density at radius 3 is 1.55 bits per heavy atom. The van der Waals surface area contributed by atoms with Crippen LogP contribution in [0.1, 0.15) is 141 Å². The van der Waals surface area contributed by atoms with Gasteiger partial charge in [0, 0.05) is 67.2 Å². The molecule has 4 nitrogen and oxygen atoms in total. The van der Waals surface area contributed by atoms with E-state index in [9.17, 15) is 0 Å². The zero-order valence-corrected chi connectivity index (χ0v) is 56.6. The molecule has 0 bridgehead atoms. The van der Waals surface area contributed by atoms with Gasteiger partial charge in [-0.05, 0) is 197 Å². The van der Waals surface area contributed by atoms with Crippen LogP contribution < -0.4 is 31.1 Å². The molecule has 0 amide bonds. The number of fused-ring (bicyclic) bond motifs is 10. The van der Waals surface area contributed by atoms with Crippen LogP contribution in [0.25, 0.3) is 55.3 Å². The number of aryl methyl sites for hydroxylation is 2. The average Bonchev–Trinajstić information content (AvgIpc) is 0.943. The second-order valence-corrected chi connectivity index (χ2v) is 31.2. The van der Waals surface area contributed by atoms with Crippen molar-refractivity contribution in [3.05, 3.63) is 263 Å². The van der Waals surface area contributed by atoms with Gasteiger partial charge in [-0.15, -0.1) is 0 Å². The largest absolute Gasteiger partial charge is 0.455 e. The maximum atomic E-state index is 6.66. The second-order valence-electron chi connectivity index (χ2n) is 31.2. The van der Waals surface area contributed by atoms with Crippen molar-refractivity contribution in [2.24, 2.45) is 0 Å². The van der Waals surface area contributed by atoms with Gasteiger partial charge in [-0.3, -0.25) is 0 Å². The zero-order valence-electron chi connectivity index (χ0n) is 56.6. The maximum Gasteiger partial charge on any atom is 0.252 e. The van der Waals surface area contributed by atoms with Crippen molar-refractivity contribution in [2.45, 2.75) is 138 Å². The van der Waals surface area contributed by atoms with Crippen LogP contribution >= 0.6 is 0 Å². The summed E-state index contributed by atoms with van der Waals surface area (Å²) in [7, 11) is 0. The third kappa shape index (κ3) is 9.46. The lowest BCUT2D eigenvalue weighted by molar-refractivity contribution is 0.589. The minimum atomic E-state index is -0.210. The number of anilines is 9. The van der Waals surface area contributed by atoms with Crippen LogP contribution in [0, 0.1) is 13.8 Å². The van der Waals surface area contributed by atoms with E-state index in [1.165, 1.54) is 112 Å². The fraction of sp³-hybridized carbons (Fsp3) is 0.241. The molecule has 15 rings (SSSR count). The van der Waals surface area contributed by atoms with Gasteiger partial charge in [-0.1, -0.05) is 243 Å². The highest BCUT2D eigenvalue weighted by molar-refractivity contribution is 7.00. The lowest BCUT2D eigenvalue weighted by Gasteiger charge is -2.45. The number of hydrogen-bond donors (Lipinski definition) is 0. The lowest BCUT2D eigenvalue weighted by atomic mass is 9.33. The molecule has 5 heteroatoms. The van der Waals surface area contributed by atoms with E-state index in [1.807, 2.05) is 0 Å². The lowest BCUT2D eigenvalue weighted by Crippen LogP contribution is -2.61. The van der Waals surface area contributed by atoms with Gasteiger partial charge >= 0.3 is 0 Å². The third-order valence-corrected chi connectivity index (χ3v) is 20.5. The first kappa shape index (κ1) is 59.0. The summed E-state index contributed by atoms with van der Waals surface area (Å²) in [5, 5.41) is 2.26. The van der Waals surface area contributed by atoms with Crippen molar-refractivity contribution in [1.29, 1.82) is 0 Å². The van der Waals surface area contributed by atoms with Crippen molar-refractivity contribution in [3.8, 4) is 33.4 Å². The minimum absolute atomic E-state index is 0.00120. The smallest absolute Gasteiger partial charge is 0.252 e. The van der Waals surface area contributed by atoms with Gasteiger partial charge in [0.25, 0.3) is 6.71 Å². The molecule has 0 spiro atoms. The molecule has 0 saturated carbocycles. The predicted octanol–water partition coefficient (Wildman–Crippen LogP) is 22.6. The highest BCUT2D eigenvalue weighted by Gasteiger charge is 2.46. The number of hydrogen-bond acceptors (Lipinski definition) is 4. The first-order chi connectivity index (χ1) is 43.7. The molecule has 1 aromatic heterocycles. The summed E-state index contributed by atoms with van der Waals surface area (Å²) < 4.78 is 6.66. The molecule has 1 aliphatic carbocycles. The van der Waals surface area contributed by atoms with E-state index in [4.69, 9.17) is 4.42 Å². The molecule has 0 saturated heterocycles. The van der Waals surface area contributed by atoms with E-state index in [-0.39, 0.29) is 33.8 Å². The zero-order chi connectivity index (χ0) is 64.3. The Morgan fingerprint density at radius 2 is 0.902 bits per heavy atom. The molecule has 0 atom stereocenters. The number of nitrogens with zero attached hydrogens (tertiary/aromatic N) is 3. The number of para-hydroxylation sites is 2. The molecule has 0 unspecified atom stereocenters. The first-order valence-electron chi connectivity index (χ1n) is 33.2. The highest BCUT2D eigenvalue weighted by Crippen LogP contribution is 2.54. The molecule has 3 aliphatic rings. The van der Waals surface area contributed by atoms with Crippen molar-refractivity contribution in [3.63, 3.8) is 0 Å². The molecule has 2 aliphatic heterocycles. The Morgan fingerprint density at radius 1 is 0.391 bits per heavy atom. The van der Waals surface area contributed by atoms with Gasteiger partial charge in [-0.25, -0.2) is 0 Å². The molecule has 3 heterocycles. The van der Waals surface area contributed by atoms with E-state index in [0.717, 1.165) is 55.8 Å². The van der Waals surface area contributed by atoms with E-state index >= 15 is 0 Å². The average molecular weight is 1200 g/mol. The SMILES string of the molecule is Cc1cc(C(C)(C)C)cc(C)c1N(c1ccc(C(C)(C)C)cc1)c1ccc2c(c1)N(c1ccc(C(C)(C)C)cc1)c1cc(C(C)(C)C)cc3c1B2c1cc(-c2cccc4c2-c2ccccc2C4(C)C)ccc1N3c1ccc(-c2cccc3c2oc2ccccc23)cc1. The highest BCUT2D eigenvalue weighted by atomic mass is 16.3. The van der Waals surface area contributed by atoms with Gasteiger partial charge in [0.2, 0.25) is 0 Å². The Bertz CT molecular complexity index is 4930. The van der Waals surface area contributed by atoms with Gasteiger partial charge in [-0.2, -0.15) is 0 Å². The number of benzene rings is 11. The van der Waals surface area contributed by atoms with Gasteiger partial charge in [0.15, 0.2) is 0 Å². The quantitative estimate of drug-likeness (QED) is 0.148. The topological polar surface area (TPSA) is 22.9 Å². The second kappa shape index (κ2) is 20.9. The van der Waals surface area contributed by atoms with Crippen LogP contribution in [0.3, 0.4) is 0 Å².